The number of benzene rings is 2. The first-order chi connectivity index (χ1) is 16.3. The minimum absolute atomic E-state index is 0.128. The van der Waals surface area contributed by atoms with Crippen LogP contribution in [0.15, 0.2) is 47.4 Å². The molecule has 9 nitrogen and oxygen atoms in total. The zero-order valence-corrected chi connectivity index (χ0v) is 19.8. The number of nitrogens with one attached hydrogen (secondary N) is 1. The summed E-state index contributed by atoms with van der Waals surface area (Å²) in [6, 6.07) is 12.3. The second-order valence-electron chi connectivity index (χ2n) is 8.35. The topological polar surface area (TPSA) is 111 Å². The summed E-state index contributed by atoms with van der Waals surface area (Å²) in [5, 5.41) is 2.72. The largest absolute Gasteiger partial charge is 0.486 e. The summed E-state index contributed by atoms with van der Waals surface area (Å²) >= 11 is 0. The van der Waals surface area contributed by atoms with Crippen molar-refractivity contribution in [3.8, 4) is 11.5 Å². The molecule has 4 rings (SSSR count). The van der Waals surface area contributed by atoms with Crippen LogP contribution >= 0.6 is 0 Å². The summed E-state index contributed by atoms with van der Waals surface area (Å²) in [7, 11) is -3.73. The second-order valence-corrected chi connectivity index (χ2v) is 10.3. The van der Waals surface area contributed by atoms with E-state index in [1.807, 2.05) is 31.2 Å². The SMILES string of the molecule is Cc1ccc(CNC(=O)COC(=O)C2CCN(S(=O)(=O)c3ccc4c(c3)OCCO4)CC2)cc1. The van der Waals surface area contributed by atoms with Crippen molar-refractivity contribution in [2.75, 3.05) is 32.9 Å². The van der Waals surface area contributed by atoms with Crippen LogP contribution in [0.3, 0.4) is 0 Å². The molecule has 0 bridgehead atoms. The number of ether oxygens (including phenoxy) is 3. The molecule has 182 valence electrons. The van der Waals surface area contributed by atoms with Crippen molar-refractivity contribution in [2.24, 2.45) is 5.92 Å². The number of carbonyl (C=O) groups is 2. The van der Waals surface area contributed by atoms with Crippen LogP contribution in [0.25, 0.3) is 0 Å². The fraction of sp³-hybridized carbons (Fsp3) is 0.417. The van der Waals surface area contributed by atoms with E-state index in [1.54, 1.807) is 6.07 Å². The average Bonchev–Trinajstić information content (AvgIpc) is 2.86. The zero-order chi connectivity index (χ0) is 24.1. The summed E-state index contributed by atoms with van der Waals surface area (Å²) in [5.41, 5.74) is 2.09. The first kappa shape index (κ1) is 24.0. The van der Waals surface area contributed by atoms with Crippen LogP contribution in [-0.4, -0.2) is 57.5 Å². The Balaban J connectivity index is 1.24. The van der Waals surface area contributed by atoms with Crippen molar-refractivity contribution >= 4 is 21.9 Å². The molecule has 0 aliphatic carbocycles. The lowest BCUT2D eigenvalue weighted by Crippen LogP contribution is -2.41. The van der Waals surface area contributed by atoms with Gasteiger partial charge in [0.15, 0.2) is 18.1 Å². The molecule has 1 fully saturated rings. The normalized spacial score (nSPS) is 16.6. The lowest BCUT2D eigenvalue weighted by atomic mass is 9.98. The van der Waals surface area contributed by atoms with Gasteiger partial charge < -0.3 is 19.5 Å². The fourth-order valence-corrected chi connectivity index (χ4v) is 5.36. The Morgan fingerprint density at radius 3 is 2.41 bits per heavy atom. The quantitative estimate of drug-likeness (QED) is 0.594. The molecule has 0 spiro atoms. The Hall–Kier alpha value is -3.11. The van der Waals surface area contributed by atoms with E-state index < -0.39 is 21.9 Å². The van der Waals surface area contributed by atoms with Gasteiger partial charge in [0.25, 0.3) is 5.91 Å². The van der Waals surface area contributed by atoms with E-state index in [2.05, 4.69) is 5.32 Å². The summed E-state index contributed by atoms with van der Waals surface area (Å²) < 4.78 is 43.5. The smallest absolute Gasteiger partial charge is 0.309 e. The molecule has 0 radical (unpaired) electrons. The third-order valence-corrected chi connectivity index (χ3v) is 7.79. The Morgan fingerprint density at radius 1 is 1.03 bits per heavy atom. The third kappa shape index (κ3) is 5.68. The molecule has 2 aromatic rings. The van der Waals surface area contributed by atoms with Crippen molar-refractivity contribution in [1.82, 2.24) is 9.62 Å². The van der Waals surface area contributed by atoms with Crippen LogP contribution in [0.2, 0.25) is 0 Å². The van der Waals surface area contributed by atoms with E-state index in [0.29, 0.717) is 44.1 Å². The van der Waals surface area contributed by atoms with Gasteiger partial charge in [-0.25, -0.2) is 8.42 Å². The van der Waals surface area contributed by atoms with Gasteiger partial charge in [-0.1, -0.05) is 29.8 Å². The second kappa shape index (κ2) is 10.4. The molecule has 2 aliphatic rings. The van der Waals surface area contributed by atoms with Crippen molar-refractivity contribution in [1.29, 1.82) is 0 Å². The molecule has 0 unspecified atom stereocenters. The predicted octanol–water partition coefficient (Wildman–Crippen LogP) is 2.03. The monoisotopic (exact) mass is 488 g/mol. The molecule has 2 heterocycles. The number of amides is 1. The highest BCUT2D eigenvalue weighted by Crippen LogP contribution is 2.34. The molecule has 2 aromatic carbocycles. The maximum atomic E-state index is 13.0. The number of aryl methyl sites for hydroxylation is 1. The number of carbonyl (C=O) groups excluding carboxylic acids is 2. The highest BCUT2D eigenvalue weighted by Gasteiger charge is 2.33. The lowest BCUT2D eigenvalue weighted by molar-refractivity contribution is -0.153. The number of fused-ring (bicyclic) bond motifs is 1. The molecule has 1 saturated heterocycles. The molecule has 0 aromatic heterocycles. The van der Waals surface area contributed by atoms with Gasteiger partial charge in [-0.2, -0.15) is 4.31 Å². The van der Waals surface area contributed by atoms with Crippen LogP contribution < -0.4 is 14.8 Å². The summed E-state index contributed by atoms with van der Waals surface area (Å²) in [5.74, 6) is -0.382. The zero-order valence-electron chi connectivity index (χ0n) is 19.0. The third-order valence-electron chi connectivity index (χ3n) is 5.89. The first-order valence-electron chi connectivity index (χ1n) is 11.2. The molecular formula is C24H28N2O7S. The van der Waals surface area contributed by atoms with Gasteiger partial charge in [-0.05, 0) is 37.5 Å². The van der Waals surface area contributed by atoms with E-state index >= 15 is 0 Å². The number of sulfonamides is 1. The molecular weight excluding hydrogens is 460 g/mol. The van der Waals surface area contributed by atoms with E-state index in [0.717, 1.165) is 11.1 Å². The van der Waals surface area contributed by atoms with E-state index in [1.165, 1.54) is 16.4 Å². The van der Waals surface area contributed by atoms with Crippen LogP contribution in [0.5, 0.6) is 11.5 Å². The summed E-state index contributed by atoms with van der Waals surface area (Å²) in [6.45, 7) is 3.16. The van der Waals surface area contributed by atoms with Gasteiger partial charge in [0.05, 0.1) is 10.8 Å². The van der Waals surface area contributed by atoms with Crippen LogP contribution in [0, 0.1) is 12.8 Å². The Bertz CT molecular complexity index is 1140. The molecule has 1 amide bonds. The van der Waals surface area contributed by atoms with Gasteiger partial charge >= 0.3 is 5.97 Å². The molecule has 10 heteroatoms. The van der Waals surface area contributed by atoms with E-state index in [-0.39, 0.29) is 30.5 Å². The van der Waals surface area contributed by atoms with Gasteiger partial charge in [0, 0.05) is 25.7 Å². The highest BCUT2D eigenvalue weighted by molar-refractivity contribution is 7.89. The number of rotatable bonds is 7. The number of esters is 1. The number of hydrogen-bond acceptors (Lipinski definition) is 7. The molecule has 2 aliphatic heterocycles. The van der Waals surface area contributed by atoms with Crippen molar-refractivity contribution in [2.45, 2.75) is 31.2 Å². The standard InChI is InChI=1S/C24H28N2O7S/c1-17-2-4-18(5-3-17)15-25-23(27)16-33-24(28)19-8-10-26(11-9-19)34(29,30)20-6-7-21-22(14-20)32-13-12-31-21/h2-7,14,19H,8-13,15-16H2,1H3,(H,25,27). The van der Waals surface area contributed by atoms with Crippen molar-refractivity contribution in [3.63, 3.8) is 0 Å². The van der Waals surface area contributed by atoms with Crippen molar-refractivity contribution in [3.05, 3.63) is 53.6 Å². The number of hydrogen-bond donors (Lipinski definition) is 1. The molecule has 0 saturated carbocycles. The average molecular weight is 489 g/mol. The molecule has 1 N–H and O–H groups in total. The summed E-state index contributed by atoms with van der Waals surface area (Å²) in [4.78, 5) is 24.5. The Morgan fingerprint density at radius 2 is 1.71 bits per heavy atom. The van der Waals surface area contributed by atoms with Gasteiger partial charge in [0.1, 0.15) is 13.2 Å². The predicted molar refractivity (Wildman–Crippen MR) is 123 cm³/mol. The van der Waals surface area contributed by atoms with Crippen LogP contribution in [-0.2, 0) is 30.9 Å². The number of nitrogens with zero attached hydrogens (tertiary/aromatic N) is 1. The van der Waals surface area contributed by atoms with Crippen LogP contribution in [0.1, 0.15) is 24.0 Å². The minimum atomic E-state index is -3.73. The summed E-state index contributed by atoms with van der Waals surface area (Å²) in [6.07, 6.45) is 0.654. The fourth-order valence-electron chi connectivity index (χ4n) is 3.88. The first-order valence-corrected chi connectivity index (χ1v) is 12.7. The molecule has 34 heavy (non-hydrogen) atoms. The van der Waals surface area contributed by atoms with Gasteiger partial charge in [0.2, 0.25) is 10.0 Å². The van der Waals surface area contributed by atoms with Crippen LogP contribution in [0.4, 0.5) is 0 Å². The maximum absolute atomic E-state index is 13.0. The number of piperidine rings is 1. The van der Waals surface area contributed by atoms with Crippen molar-refractivity contribution < 1.29 is 32.2 Å². The van der Waals surface area contributed by atoms with Gasteiger partial charge in [-0.3, -0.25) is 9.59 Å². The lowest BCUT2D eigenvalue weighted by Gasteiger charge is -2.30. The van der Waals surface area contributed by atoms with Gasteiger partial charge in [-0.15, -0.1) is 0 Å². The van der Waals surface area contributed by atoms with E-state index in [4.69, 9.17) is 14.2 Å². The van der Waals surface area contributed by atoms with E-state index in [9.17, 15) is 18.0 Å². The minimum Gasteiger partial charge on any atom is -0.486 e. The molecule has 0 atom stereocenters. The Kier molecular flexibility index (Phi) is 7.38. The highest BCUT2D eigenvalue weighted by atomic mass is 32.2. The Labute approximate surface area is 199 Å². The maximum Gasteiger partial charge on any atom is 0.309 e.